The molecule has 3 aromatic carbocycles. The van der Waals surface area contributed by atoms with E-state index < -0.39 is 0 Å². The van der Waals surface area contributed by atoms with E-state index in [4.69, 9.17) is 11.6 Å². The average Bonchev–Trinajstić information content (AvgIpc) is 3.07. The Bertz CT molecular complexity index is 1500. The molecule has 0 unspecified atom stereocenters. The van der Waals surface area contributed by atoms with Gasteiger partial charge in [0, 0.05) is 35.9 Å². The maximum Gasteiger partial charge on any atom is 0.267 e. The van der Waals surface area contributed by atoms with Gasteiger partial charge in [0.1, 0.15) is 4.88 Å². The van der Waals surface area contributed by atoms with Crippen molar-refractivity contribution in [3.8, 4) is 0 Å². The van der Waals surface area contributed by atoms with Crippen LogP contribution in [0, 0.1) is 6.92 Å². The lowest BCUT2D eigenvalue weighted by atomic mass is 10.1. The summed E-state index contributed by atoms with van der Waals surface area (Å²) in [6, 6.07) is 19.0. The summed E-state index contributed by atoms with van der Waals surface area (Å²) in [7, 11) is 0. The first-order valence-corrected chi connectivity index (χ1v) is 11.0. The van der Waals surface area contributed by atoms with E-state index in [1.165, 1.54) is 11.3 Å². The van der Waals surface area contributed by atoms with E-state index in [9.17, 15) is 9.59 Å². The average molecular weight is 436 g/mol. The number of amides is 1. The van der Waals surface area contributed by atoms with Crippen LogP contribution >= 0.6 is 34.3 Å². The summed E-state index contributed by atoms with van der Waals surface area (Å²) in [4.78, 5) is 26.5. The van der Waals surface area contributed by atoms with Crippen molar-refractivity contribution < 1.29 is 4.79 Å². The SMILES string of the molecule is Cc1c(NC(=O)c2sc3ccccc3c2Cl)ccc2sc3ccccc3c(=O)c12. The van der Waals surface area contributed by atoms with Gasteiger partial charge < -0.3 is 5.32 Å². The van der Waals surface area contributed by atoms with Crippen LogP contribution in [0.1, 0.15) is 15.2 Å². The van der Waals surface area contributed by atoms with Gasteiger partial charge in [-0.2, -0.15) is 0 Å². The molecule has 5 aromatic rings. The molecule has 0 bridgehead atoms. The van der Waals surface area contributed by atoms with Crippen molar-refractivity contribution in [2.45, 2.75) is 6.92 Å². The summed E-state index contributed by atoms with van der Waals surface area (Å²) in [6.45, 7) is 1.87. The number of hydrogen-bond donors (Lipinski definition) is 1. The lowest BCUT2D eigenvalue weighted by molar-refractivity contribution is 0.103. The largest absolute Gasteiger partial charge is 0.321 e. The fourth-order valence-electron chi connectivity index (χ4n) is 3.52. The van der Waals surface area contributed by atoms with Gasteiger partial charge >= 0.3 is 0 Å². The fraction of sp³-hybridized carbons (Fsp3) is 0.0435. The van der Waals surface area contributed by atoms with E-state index in [-0.39, 0.29) is 11.3 Å². The number of aryl methyl sites for hydroxylation is 1. The molecular formula is C23H14ClNO2S2. The van der Waals surface area contributed by atoms with Crippen molar-refractivity contribution in [1.82, 2.24) is 0 Å². The third kappa shape index (κ3) is 2.94. The van der Waals surface area contributed by atoms with E-state index in [0.717, 1.165) is 25.0 Å². The summed E-state index contributed by atoms with van der Waals surface area (Å²) < 4.78 is 2.83. The third-order valence-corrected chi connectivity index (χ3v) is 7.80. The van der Waals surface area contributed by atoms with Crippen LogP contribution < -0.4 is 10.7 Å². The number of hydrogen-bond acceptors (Lipinski definition) is 4. The monoisotopic (exact) mass is 435 g/mol. The zero-order valence-corrected chi connectivity index (χ0v) is 17.7. The summed E-state index contributed by atoms with van der Waals surface area (Å²) in [5.74, 6) is -0.268. The highest BCUT2D eigenvalue weighted by atomic mass is 35.5. The molecule has 0 fully saturated rings. The normalized spacial score (nSPS) is 11.4. The number of anilines is 1. The quantitative estimate of drug-likeness (QED) is 0.308. The van der Waals surface area contributed by atoms with Crippen LogP contribution in [-0.2, 0) is 0 Å². The fourth-order valence-corrected chi connectivity index (χ4v) is 6.08. The Hall–Kier alpha value is -2.73. The molecule has 1 amide bonds. The second-order valence-electron chi connectivity index (χ2n) is 6.73. The minimum Gasteiger partial charge on any atom is -0.321 e. The first kappa shape index (κ1) is 18.3. The van der Waals surface area contributed by atoms with Gasteiger partial charge in [-0.1, -0.05) is 41.9 Å². The number of fused-ring (bicyclic) bond motifs is 3. The Morgan fingerprint density at radius 2 is 1.52 bits per heavy atom. The number of carbonyl (C=O) groups is 1. The van der Waals surface area contributed by atoms with Crippen molar-refractivity contribution >= 4 is 76.1 Å². The first-order valence-electron chi connectivity index (χ1n) is 8.98. The zero-order valence-electron chi connectivity index (χ0n) is 15.3. The highest BCUT2D eigenvalue weighted by molar-refractivity contribution is 7.24. The van der Waals surface area contributed by atoms with Crippen molar-refractivity contribution in [3.63, 3.8) is 0 Å². The van der Waals surface area contributed by atoms with Crippen LogP contribution in [0.5, 0.6) is 0 Å². The van der Waals surface area contributed by atoms with Crippen molar-refractivity contribution in [3.05, 3.63) is 86.4 Å². The number of carbonyl (C=O) groups excluding carboxylic acids is 1. The van der Waals surface area contributed by atoms with Gasteiger partial charge in [-0.05, 0) is 42.8 Å². The molecule has 6 heteroatoms. The molecule has 2 heterocycles. The highest BCUT2D eigenvalue weighted by Crippen LogP contribution is 2.36. The molecule has 0 aliphatic heterocycles. The molecule has 2 aromatic heterocycles. The Balaban J connectivity index is 1.61. The van der Waals surface area contributed by atoms with Crippen molar-refractivity contribution in [1.29, 1.82) is 0 Å². The van der Waals surface area contributed by atoms with Gasteiger partial charge in [0.15, 0.2) is 5.43 Å². The molecule has 142 valence electrons. The Labute approximate surface area is 179 Å². The van der Waals surface area contributed by atoms with Crippen LogP contribution in [0.2, 0.25) is 5.02 Å². The molecule has 3 nitrogen and oxygen atoms in total. The van der Waals surface area contributed by atoms with Crippen LogP contribution in [0.25, 0.3) is 30.3 Å². The highest BCUT2D eigenvalue weighted by Gasteiger charge is 2.19. The molecule has 0 aliphatic carbocycles. The number of rotatable bonds is 2. The van der Waals surface area contributed by atoms with E-state index in [1.54, 1.807) is 11.3 Å². The Morgan fingerprint density at radius 1 is 0.862 bits per heavy atom. The molecule has 0 atom stereocenters. The van der Waals surface area contributed by atoms with Crippen molar-refractivity contribution in [2.24, 2.45) is 0 Å². The number of thiophene rings is 1. The molecule has 1 N–H and O–H groups in total. The summed E-state index contributed by atoms with van der Waals surface area (Å²) >= 11 is 9.38. The number of nitrogens with one attached hydrogen (secondary N) is 1. The number of halogens is 1. The van der Waals surface area contributed by atoms with Crippen LogP contribution in [0.3, 0.4) is 0 Å². The molecule has 0 spiro atoms. The molecular weight excluding hydrogens is 422 g/mol. The molecule has 0 aliphatic rings. The van der Waals surface area contributed by atoms with Gasteiger partial charge in [-0.15, -0.1) is 22.7 Å². The summed E-state index contributed by atoms with van der Waals surface area (Å²) in [5, 5.41) is 5.62. The Kier molecular flexibility index (Phi) is 4.39. The van der Waals surface area contributed by atoms with E-state index in [0.29, 0.717) is 26.4 Å². The van der Waals surface area contributed by atoms with E-state index >= 15 is 0 Å². The van der Waals surface area contributed by atoms with Crippen LogP contribution in [-0.4, -0.2) is 5.91 Å². The summed E-state index contributed by atoms with van der Waals surface area (Å²) in [5.41, 5.74) is 1.37. The Morgan fingerprint density at radius 3 is 2.24 bits per heavy atom. The minimum absolute atomic E-state index is 0.0113. The maximum atomic E-state index is 13.1. The zero-order chi connectivity index (χ0) is 20.1. The van der Waals surface area contributed by atoms with Crippen LogP contribution in [0.4, 0.5) is 5.69 Å². The third-order valence-electron chi connectivity index (χ3n) is 4.99. The van der Waals surface area contributed by atoms with Gasteiger partial charge in [0.05, 0.1) is 5.02 Å². The second-order valence-corrected chi connectivity index (χ2v) is 9.25. The smallest absolute Gasteiger partial charge is 0.267 e. The van der Waals surface area contributed by atoms with Gasteiger partial charge in [0.25, 0.3) is 5.91 Å². The van der Waals surface area contributed by atoms with Gasteiger partial charge in [0.2, 0.25) is 0 Å². The molecule has 0 radical (unpaired) electrons. The predicted octanol–water partition coefficient (Wildman–Crippen LogP) is 6.84. The van der Waals surface area contributed by atoms with E-state index in [1.807, 2.05) is 67.6 Å². The van der Waals surface area contributed by atoms with Gasteiger partial charge in [-0.3, -0.25) is 9.59 Å². The maximum absolute atomic E-state index is 13.1. The number of benzene rings is 3. The molecule has 0 saturated heterocycles. The van der Waals surface area contributed by atoms with Gasteiger partial charge in [-0.25, -0.2) is 0 Å². The standard InChI is InChI=1S/C23H14ClNO2S2/c1-12-15(25-23(27)22-20(24)13-6-2-4-8-16(13)29-22)10-11-18-19(12)21(26)14-7-3-5-9-17(14)28-18/h2-11H,1H3,(H,25,27). The molecule has 0 saturated carbocycles. The minimum atomic E-state index is -0.268. The van der Waals surface area contributed by atoms with E-state index in [2.05, 4.69) is 5.32 Å². The summed E-state index contributed by atoms with van der Waals surface area (Å²) in [6.07, 6.45) is 0. The molecule has 5 rings (SSSR count). The van der Waals surface area contributed by atoms with Crippen LogP contribution in [0.15, 0.2) is 65.5 Å². The first-order chi connectivity index (χ1) is 14.0. The van der Waals surface area contributed by atoms with Crippen molar-refractivity contribution in [2.75, 3.05) is 5.32 Å². The predicted molar refractivity (Wildman–Crippen MR) is 125 cm³/mol. The second kappa shape index (κ2) is 6.95. The lowest BCUT2D eigenvalue weighted by Gasteiger charge is -2.11. The molecule has 29 heavy (non-hydrogen) atoms. The topological polar surface area (TPSA) is 46.2 Å². The lowest BCUT2D eigenvalue weighted by Crippen LogP contribution is -2.13.